The second kappa shape index (κ2) is 8.73. The van der Waals surface area contributed by atoms with Crippen LogP contribution in [0.1, 0.15) is 55.0 Å². The maximum Gasteiger partial charge on any atom is 0.124 e. The van der Waals surface area contributed by atoms with Crippen LogP contribution >= 0.6 is 11.8 Å². The molecule has 0 N–H and O–H groups in total. The molecule has 5 rings (SSSR count). The summed E-state index contributed by atoms with van der Waals surface area (Å²) in [5, 5.41) is 28.2. The van der Waals surface area contributed by atoms with E-state index >= 15 is 0 Å². The van der Waals surface area contributed by atoms with Gasteiger partial charge in [-0.1, -0.05) is 31.0 Å². The lowest BCUT2D eigenvalue weighted by molar-refractivity contribution is 0.325. The van der Waals surface area contributed by atoms with Crippen LogP contribution in [-0.2, 0) is 0 Å². The van der Waals surface area contributed by atoms with E-state index in [2.05, 4.69) is 28.8 Å². The minimum absolute atomic E-state index is 0.253. The molecule has 1 aromatic carbocycles. The van der Waals surface area contributed by atoms with Gasteiger partial charge in [0.25, 0.3) is 0 Å². The first kappa shape index (κ1) is 21.2. The predicted octanol–water partition coefficient (Wildman–Crippen LogP) is 6.05. The molecule has 4 aromatic rings. The summed E-state index contributed by atoms with van der Waals surface area (Å²) in [5.41, 5.74) is 4.40. The summed E-state index contributed by atoms with van der Waals surface area (Å²) >= 11 is 1.33. The fraction of sp³-hybridized carbons (Fsp3) is 0.280. The first-order chi connectivity index (χ1) is 16.1. The van der Waals surface area contributed by atoms with Crippen LogP contribution in [-0.4, -0.2) is 19.4 Å². The average Bonchev–Trinajstić information content (AvgIpc) is 3.44. The van der Waals surface area contributed by atoms with Crippen LogP contribution in [0.25, 0.3) is 16.6 Å². The zero-order valence-corrected chi connectivity index (χ0v) is 18.9. The van der Waals surface area contributed by atoms with Gasteiger partial charge in [-0.05, 0) is 44.0 Å². The van der Waals surface area contributed by atoms with Crippen molar-refractivity contribution in [3.05, 3.63) is 65.5 Å². The molecule has 3 heterocycles. The van der Waals surface area contributed by atoms with Crippen LogP contribution in [0.5, 0.6) is 0 Å². The molecular weight excluding hydrogens is 435 g/mol. The summed E-state index contributed by atoms with van der Waals surface area (Å²) in [5.74, 6) is -0.456. The average molecular weight is 457 g/mol. The third-order valence-corrected chi connectivity index (χ3v) is 7.36. The second-order valence-corrected chi connectivity index (χ2v) is 9.37. The largest absolute Gasteiger partial charge is 0.266 e. The molecular formula is C25H21FN6S. The lowest BCUT2D eigenvalue weighted by Gasteiger charge is -2.23. The molecule has 33 heavy (non-hydrogen) atoms. The Balaban J connectivity index is 1.62. The summed E-state index contributed by atoms with van der Waals surface area (Å²) in [6, 6.07) is 10.8. The van der Waals surface area contributed by atoms with Gasteiger partial charge in [0, 0.05) is 32.8 Å². The molecule has 1 saturated carbocycles. The van der Waals surface area contributed by atoms with Gasteiger partial charge in [0.05, 0.1) is 35.1 Å². The molecule has 1 aliphatic rings. The summed E-state index contributed by atoms with van der Waals surface area (Å²) < 4.78 is 17.5. The smallest absolute Gasteiger partial charge is 0.124 e. The first-order valence-electron chi connectivity index (χ1n) is 10.9. The Bertz CT molecular complexity index is 1430. The van der Waals surface area contributed by atoms with Crippen LogP contribution in [0.4, 0.5) is 4.39 Å². The number of aromatic nitrogens is 4. The molecule has 0 atom stereocenters. The van der Waals surface area contributed by atoms with E-state index in [1.807, 2.05) is 18.5 Å². The van der Waals surface area contributed by atoms with E-state index in [1.54, 1.807) is 10.6 Å². The predicted molar refractivity (Wildman–Crippen MR) is 123 cm³/mol. The Kier molecular flexibility index (Phi) is 5.62. The first-order valence-corrected chi connectivity index (χ1v) is 11.7. The van der Waals surface area contributed by atoms with Gasteiger partial charge in [-0.25, -0.2) is 8.91 Å². The fourth-order valence-corrected chi connectivity index (χ4v) is 5.66. The van der Waals surface area contributed by atoms with Crippen molar-refractivity contribution in [3.63, 3.8) is 0 Å². The third-order valence-electron chi connectivity index (χ3n) is 6.26. The van der Waals surface area contributed by atoms with E-state index in [1.165, 1.54) is 49.4 Å². The highest BCUT2D eigenvalue weighted by Crippen LogP contribution is 2.38. The SMILES string of the molecule is Cc1c(-c2cc(Sc3ccc(F)cc3C#N)c3c(C#N)cnn3c2)cnn1C1CCCCC1. The van der Waals surface area contributed by atoms with Crippen molar-refractivity contribution in [1.29, 1.82) is 10.5 Å². The van der Waals surface area contributed by atoms with E-state index in [0.717, 1.165) is 34.6 Å². The van der Waals surface area contributed by atoms with Crippen molar-refractivity contribution in [2.24, 2.45) is 0 Å². The zero-order chi connectivity index (χ0) is 22.9. The molecule has 0 saturated heterocycles. The Morgan fingerprint density at radius 3 is 2.55 bits per heavy atom. The van der Waals surface area contributed by atoms with Crippen molar-refractivity contribution >= 4 is 17.3 Å². The highest BCUT2D eigenvalue weighted by Gasteiger charge is 2.21. The number of hydrogen-bond acceptors (Lipinski definition) is 5. The Labute approximate surface area is 195 Å². The van der Waals surface area contributed by atoms with Crippen LogP contribution < -0.4 is 0 Å². The van der Waals surface area contributed by atoms with E-state index < -0.39 is 5.82 Å². The van der Waals surface area contributed by atoms with Crippen molar-refractivity contribution in [1.82, 2.24) is 19.4 Å². The van der Waals surface area contributed by atoms with Crippen LogP contribution in [0.15, 0.2) is 52.6 Å². The van der Waals surface area contributed by atoms with Crippen molar-refractivity contribution < 1.29 is 4.39 Å². The molecule has 8 heteroatoms. The number of nitriles is 2. The monoisotopic (exact) mass is 456 g/mol. The van der Waals surface area contributed by atoms with Crippen LogP contribution in [0.2, 0.25) is 0 Å². The van der Waals surface area contributed by atoms with Crippen molar-refractivity contribution in [2.45, 2.75) is 54.9 Å². The van der Waals surface area contributed by atoms with Crippen LogP contribution in [0, 0.1) is 35.4 Å². The number of pyridine rings is 1. The Morgan fingerprint density at radius 2 is 1.79 bits per heavy atom. The fourth-order valence-electron chi connectivity index (χ4n) is 4.59. The molecule has 164 valence electrons. The topological polar surface area (TPSA) is 82.7 Å². The number of fused-ring (bicyclic) bond motifs is 1. The summed E-state index contributed by atoms with van der Waals surface area (Å²) in [7, 11) is 0. The van der Waals surface area contributed by atoms with Gasteiger partial charge in [-0.2, -0.15) is 20.7 Å². The maximum absolute atomic E-state index is 13.7. The molecule has 6 nitrogen and oxygen atoms in total. The molecule has 1 aliphatic carbocycles. The summed E-state index contributed by atoms with van der Waals surface area (Å²) in [6.07, 6.45) is 11.4. The van der Waals surface area contributed by atoms with Gasteiger partial charge in [-0.3, -0.25) is 4.68 Å². The normalized spacial score (nSPS) is 14.3. The van der Waals surface area contributed by atoms with Gasteiger partial charge in [-0.15, -0.1) is 0 Å². The van der Waals surface area contributed by atoms with Gasteiger partial charge < -0.3 is 0 Å². The highest BCUT2D eigenvalue weighted by molar-refractivity contribution is 7.99. The maximum atomic E-state index is 13.7. The second-order valence-electron chi connectivity index (χ2n) is 8.29. The molecule has 0 bridgehead atoms. The minimum atomic E-state index is -0.456. The van der Waals surface area contributed by atoms with Crippen molar-refractivity contribution in [3.8, 4) is 23.3 Å². The summed E-state index contributed by atoms with van der Waals surface area (Å²) in [6.45, 7) is 2.09. The molecule has 0 radical (unpaired) electrons. The minimum Gasteiger partial charge on any atom is -0.266 e. The standard InChI is InChI=1S/C25H21FN6S/c1-16-22(14-30-32(16)21-5-3-2-4-6-21)18-10-24(25-19(12-28)13-29-31(25)15-18)33-23-8-7-20(26)9-17(23)11-27/h7-10,13-15,21H,2-6H2,1H3. The molecule has 0 aliphatic heterocycles. The number of benzene rings is 1. The van der Waals surface area contributed by atoms with Gasteiger partial charge in [0.15, 0.2) is 0 Å². The lowest BCUT2D eigenvalue weighted by Crippen LogP contribution is -2.15. The molecule has 0 spiro atoms. The molecule has 0 unspecified atom stereocenters. The van der Waals surface area contributed by atoms with E-state index in [0.29, 0.717) is 22.0 Å². The number of nitrogens with zero attached hydrogens (tertiary/aromatic N) is 6. The molecule has 3 aromatic heterocycles. The molecule has 0 amide bonds. The third kappa shape index (κ3) is 3.88. The lowest BCUT2D eigenvalue weighted by atomic mass is 9.95. The number of hydrogen-bond donors (Lipinski definition) is 0. The number of halogens is 1. The van der Waals surface area contributed by atoms with Crippen molar-refractivity contribution in [2.75, 3.05) is 0 Å². The van der Waals surface area contributed by atoms with Gasteiger partial charge in [0.1, 0.15) is 18.0 Å². The Hall–Kier alpha value is -3.62. The van der Waals surface area contributed by atoms with E-state index in [4.69, 9.17) is 5.10 Å². The van der Waals surface area contributed by atoms with Gasteiger partial charge >= 0.3 is 0 Å². The quantitative estimate of drug-likeness (QED) is 0.374. The van der Waals surface area contributed by atoms with E-state index in [9.17, 15) is 14.9 Å². The highest BCUT2D eigenvalue weighted by atomic mass is 32.2. The Morgan fingerprint density at radius 1 is 1.00 bits per heavy atom. The van der Waals surface area contributed by atoms with E-state index in [-0.39, 0.29) is 5.56 Å². The number of rotatable bonds is 4. The van der Waals surface area contributed by atoms with Crippen LogP contribution in [0.3, 0.4) is 0 Å². The van der Waals surface area contributed by atoms with Gasteiger partial charge in [0.2, 0.25) is 0 Å². The summed E-state index contributed by atoms with van der Waals surface area (Å²) in [4.78, 5) is 1.40. The molecule has 1 fully saturated rings. The zero-order valence-electron chi connectivity index (χ0n) is 18.1.